The predicted molar refractivity (Wildman–Crippen MR) is 111 cm³/mol. The summed E-state index contributed by atoms with van der Waals surface area (Å²) in [5.41, 5.74) is 1.01. The molecule has 7 nitrogen and oxygen atoms in total. The fourth-order valence-corrected chi connectivity index (χ4v) is 4.48. The molecular formula is C21H26GeN2O5. The van der Waals surface area contributed by atoms with Gasteiger partial charge in [-0.2, -0.15) is 0 Å². The Labute approximate surface area is 177 Å². The number of rotatable bonds is 8. The van der Waals surface area contributed by atoms with Crippen LogP contribution in [0, 0.1) is 0 Å². The minimum absolute atomic E-state index is 0.0487. The van der Waals surface area contributed by atoms with Gasteiger partial charge in [-0.1, -0.05) is 30.3 Å². The van der Waals surface area contributed by atoms with E-state index >= 15 is 0 Å². The van der Waals surface area contributed by atoms with Crippen molar-refractivity contribution in [2.75, 3.05) is 31.6 Å². The molecule has 1 saturated heterocycles. The van der Waals surface area contributed by atoms with Crippen LogP contribution in [0.2, 0.25) is 0 Å². The van der Waals surface area contributed by atoms with E-state index < -0.39 is 21.4 Å². The van der Waals surface area contributed by atoms with E-state index in [2.05, 4.69) is 13.9 Å². The van der Waals surface area contributed by atoms with Gasteiger partial charge in [0.1, 0.15) is 0 Å². The van der Waals surface area contributed by atoms with E-state index in [1.54, 1.807) is 11.9 Å². The number of nitrogens with zero attached hydrogens (tertiary/aromatic N) is 2. The van der Waals surface area contributed by atoms with Gasteiger partial charge in [-0.15, -0.1) is 0 Å². The molecule has 1 fully saturated rings. The summed E-state index contributed by atoms with van der Waals surface area (Å²) in [6.45, 7) is 2.22. The Balaban J connectivity index is 1.46. The molecule has 1 aliphatic rings. The minimum atomic E-state index is -1.00. The zero-order valence-electron chi connectivity index (χ0n) is 16.5. The summed E-state index contributed by atoms with van der Waals surface area (Å²) < 4.78 is 5.54. The third-order valence-corrected chi connectivity index (χ3v) is 6.99. The molecule has 1 aliphatic heterocycles. The first-order chi connectivity index (χ1) is 14.0. The Hall–Kier alpha value is -1.75. The number of benzene rings is 2. The third kappa shape index (κ3) is 5.88. The Morgan fingerprint density at radius 1 is 1.14 bits per heavy atom. The SMILES string of the molecule is CN(C(=O)CCN1CCC(O)(c2ccccc2)CC1)c1cc[c]([Ge][O]OO)cc1. The number of hydrogen-bond donors (Lipinski definition) is 2. The Bertz CT molecular complexity index is 779. The number of hydrogen-bond acceptors (Lipinski definition) is 6. The van der Waals surface area contributed by atoms with E-state index in [1.165, 1.54) is 0 Å². The zero-order valence-corrected chi connectivity index (χ0v) is 18.6. The van der Waals surface area contributed by atoms with Gasteiger partial charge >= 0.3 is 136 Å². The van der Waals surface area contributed by atoms with Gasteiger partial charge in [0, 0.05) is 0 Å². The van der Waals surface area contributed by atoms with Gasteiger partial charge in [0.25, 0.3) is 0 Å². The van der Waals surface area contributed by atoms with Crippen molar-refractivity contribution < 1.29 is 24.1 Å². The quantitative estimate of drug-likeness (QED) is 0.356. The van der Waals surface area contributed by atoms with Crippen LogP contribution in [0.25, 0.3) is 0 Å². The van der Waals surface area contributed by atoms with Gasteiger partial charge in [0.2, 0.25) is 0 Å². The van der Waals surface area contributed by atoms with Crippen molar-refractivity contribution in [2.24, 2.45) is 0 Å². The van der Waals surface area contributed by atoms with E-state index in [9.17, 15) is 9.90 Å². The second-order valence-corrected chi connectivity index (χ2v) is 9.24. The first-order valence-electron chi connectivity index (χ1n) is 9.62. The van der Waals surface area contributed by atoms with Crippen molar-refractivity contribution in [3.63, 3.8) is 0 Å². The van der Waals surface area contributed by atoms with Gasteiger partial charge in [0.05, 0.1) is 0 Å². The van der Waals surface area contributed by atoms with Crippen LogP contribution in [-0.4, -0.2) is 63.6 Å². The maximum atomic E-state index is 12.6. The second kappa shape index (κ2) is 10.3. The van der Waals surface area contributed by atoms with Crippen LogP contribution in [0.1, 0.15) is 24.8 Å². The monoisotopic (exact) mass is 460 g/mol. The molecule has 0 aliphatic carbocycles. The molecule has 8 heteroatoms. The molecule has 154 valence electrons. The Morgan fingerprint density at radius 3 is 2.41 bits per heavy atom. The maximum absolute atomic E-state index is 12.6. The molecule has 0 saturated carbocycles. The molecule has 2 radical (unpaired) electrons. The van der Waals surface area contributed by atoms with Crippen molar-refractivity contribution in [2.45, 2.75) is 24.9 Å². The number of aliphatic hydroxyl groups is 1. The number of carbonyl (C=O) groups excluding carboxylic acids is 1. The molecule has 0 bridgehead atoms. The second-order valence-electron chi connectivity index (χ2n) is 7.25. The Kier molecular flexibility index (Phi) is 7.82. The molecule has 2 aromatic rings. The number of piperidine rings is 1. The molecule has 3 rings (SSSR count). The topological polar surface area (TPSA) is 82.5 Å². The summed E-state index contributed by atoms with van der Waals surface area (Å²) in [5, 5.41) is 22.8. The van der Waals surface area contributed by atoms with Gasteiger partial charge in [-0.3, -0.25) is 0 Å². The summed E-state index contributed by atoms with van der Waals surface area (Å²) in [7, 11) is 1.77. The van der Waals surface area contributed by atoms with Crippen molar-refractivity contribution in [1.82, 2.24) is 4.90 Å². The van der Waals surface area contributed by atoms with Gasteiger partial charge in [0.15, 0.2) is 0 Å². The summed E-state index contributed by atoms with van der Waals surface area (Å²) in [4.78, 5) is 16.5. The molecule has 29 heavy (non-hydrogen) atoms. The standard InChI is InChI=1S/C21H26GeN2O5/c1-23(19-9-7-18(8-10-19)22-28-29-27)20(25)11-14-24-15-12-21(26,13-16-24)17-5-3-2-4-6-17/h2-10,26-27H,11-16H2,1H3. The first kappa shape index (κ1) is 21.9. The third-order valence-electron chi connectivity index (χ3n) is 5.46. The molecule has 0 atom stereocenters. The predicted octanol–water partition coefficient (Wildman–Crippen LogP) is 1.69. The van der Waals surface area contributed by atoms with Crippen molar-refractivity contribution >= 4 is 31.8 Å². The van der Waals surface area contributed by atoms with E-state index in [0.29, 0.717) is 25.8 Å². The molecule has 0 spiro atoms. The first-order valence-corrected chi connectivity index (χ1v) is 11.5. The van der Waals surface area contributed by atoms with E-state index in [4.69, 9.17) is 5.26 Å². The molecule has 2 aromatic carbocycles. The number of likely N-dealkylation sites (tertiary alicyclic amines) is 1. The van der Waals surface area contributed by atoms with Gasteiger partial charge in [-0.25, -0.2) is 0 Å². The van der Waals surface area contributed by atoms with Crippen LogP contribution < -0.4 is 9.30 Å². The van der Waals surface area contributed by atoms with Gasteiger partial charge < -0.3 is 5.11 Å². The summed E-state index contributed by atoms with van der Waals surface area (Å²) in [6, 6.07) is 17.3. The number of anilines is 1. The summed E-state index contributed by atoms with van der Waals surface area (Å²) in [5.74, 6) is 0.0487. The molecular weight excluding hydrogens is 433 g/mol. The average Bonchev–Trinajstić information content (AvgIpc) is 2.77. The van der Waals surface area contributed by atoms with E-state index in [-0.39, 0.29) is 5.91 Å². The molecule has 2 N–H and O–H groups in total. The molecule has 1 amide bonds. The van der Waals surface area contributed by atoms with Crippen LogP contribution in [0.3, 0.4) is 0 Å². The normalized spacial score (nSPS) is 16.5. The van der Waals surface area contributed by atoms with Crippen molar-refractivity contribution in [3.05, 3.63) is 60.2 Å². The zero-order chi connectivity index (χ0) is 20.7. The van der Waals surface area contributed by atoms with E-state index in [1.807, 2.05) is 54.6 Å². The van der Waals surface area contributed by atoms with Crippen LogP contribution >= 0.6 is 0 Å². The molecule has 0 aromatic heterocycles. The number of amides is 1. The van der Waals surface area contributed by atoms with Crippen LogP contribution in [-0.2, 0) is 19.3 Å². The fraction of sp³-hybridized carbons (Fsp3) is 0.381. The average molecular weight is 459 g/mol. The number of carbonyl (C=O) groups is 1. The van der Waals surface area contributed by atoms with Crippen LogP contribution in [0.5, 0.6) is 0 Å². The van der Waals surface area contributed by atoms with Gasteiger partial charge in [-0.05, 0) is 5.56 Å². The fourth-order valence-electron chi connectivity index (χ4n) is 3.57. The van der Waals surface area contributed by atoms with Crippen molar-refractivity contribution in [1.29, 1.82) is 0 Å². The summed E-state index contributed by atoms with van der Waals surface area (Å²) >= 11 is -1.00. The van der Waals surface area contributed by atoms with Crippen molar-refractivity contribution in [3.8, 4) is 0 Å². The van der Waals surface area contributed by atoms with Crippen LogP contribution in [0.15, 0.2) is 54.6 Å². The van der Waals surface area contributed by atoms with Crippen LogP contribution in [0.4, 0.5) is 5.69 Å². The molecule has 0 unspecified atom stereocenters. The Morgan fingerprint density at radius 2 is 1.79 bits per heavy atom. The molecule has 1 heterocycles. The van der Waals surface area contributed by atoms with E-state index in [0.717, 1.165) is 28.7 Å². The summed E-state index contributed by atoms with van der Waals surface area (Å²) in [6.07, 6.45) is 1.77.